The molecule has 6 nitrogen and oxygen atoms in total. The number of pyridine rings is 1. The van der Waals surface area contributed by atoms with Gasteiger partial charge >= 0.3 is 0 Å². The zero-order chi connectivity index (χ0) is 15.1. The maximum atomic E-state index is 12.1. The molecule has 2 N–H and O–H groups in total. The second-order valence-corrected chi connectivity index (χ2v) is 5.03. The highest BCUT2D eigenvalue weighted by Gasteiger charge is 2.17. The summed E-state index contributed by atoms with van der Waals surface area (Å²) in [4.78, 5) is 27.9. The van der Waals surface area contributed by atoms with E-state index >= 15 is 0 Å². The molecule has 0 aromatic carbocycles. The van der Waals surface area contributed by atoms with E-state index < -0.39 is 0 Å². The Morgan fingerprint density at radius 1 is 1.38 bits per heavy atom. The van der Waals surface area contributed by atoms with Gasteiger partial charge in [-0.3, -0.25) is 14.6 Å². The topological polar surface area (TPSA) is 80.3 Å². The van der Waals surface area contributed by atoms with E-state index in [4.69, 9.17) is 4.74 Å². The number of hydrogen-bond donors (Lipinski definition) is 2. The fourth-order valence-electron chi connectivity index (χ4n) is 2.14. The van der Waals surface area contributed by atoms with Crippen molar-refractivity contribution in [3.63, 3.8) is 0 Å². The number of carbonyl (C=O) groups is 2. The molecular formula is C15H21N3O3. The molecule has 0 spiro atoms. The lowest BCUT2D eigenvalue weighted by Gasteiger charge is -2.11. The van der Waals surface area contributed by atoms with E-state index in [1.54, 1.807) is 6.07 Å². The summed E-state index contributed by atoms with van der Waals surface area (Å²) >= 11 is 0. The van der Waals surface area contributed by atoms with Gasteiger partial charge in [-0.15, -0.1) is 0 Å². The van der Waals surface area contributed by atoms with Crippen LogP contribution in [0.2, 0.25) is 0 Å². The Balaban J connectivity index is 1.92. The number of ether oxygens (including phenoxy) is 1. The molecule has 2 amide bonds. The van der Waals surface area contributed by atoms with Crippen LogP contribution in [0.1, 0.15) is 47.0 Å². The largest absolute Gasteiger partial charge is 0.376 e. The van der Waals surface area contributed by atoms with E-state index in [-0.39, 0.29) is 23.6 Å². The average molecular weight is 291 g/mol. The fraction of sp³-hybridized carbons (Fsp3) is 0.533. The molecule has 0 bridgehead atoms. The maximum Gasteiger partial charge on any atom is 0.269 e. The molecule has 1 aromatic rings. The van der Waals surface area contributed by atoms with Gasteiger partial charge in [0.1, 0.15) is 5.69 Å². The molecule has 21 heavy (non-hydrogen) atoms. The minimum atomic E-state index is -0.259. The molecule has 2 rings (SSSR count). The lowest BCUT2D eigenvalue weighted by Crippen LogP contribution is -2.32. The van der Waals surface area contributed by atoms with E-state index in [1.807, 2.05) is 6.92 Å². The van der Waals surface area contributed by atoms with Crippen LogP contribution >= 0.6 is 0 Å². The van der Waals surface area contributed by atoms with Crippen molar-refractivity contribution in [2.24, 2.45) is 0 Å². The molecule has 1 unspecified atom stereocenters. The van der Waals surface area contributed by atoms with Crippen LogP contribution in [0.4, 0.5) is 0 Å². The quantitative estimate of drug-likeness (QED) is 0.823. The van der Waals surface area contributed by atoms with Crippen LogP contribution in [0, 0.1) is 0 Å². The molecule has 1 saturated heterocycles. The molecule has 1 fully saturated rings. The summed E-state index contributed by atoms with van der Waals surface area (Å²) in [6.45, 7) is 3.83. The Labute approximate surface area is 124 Å². The van der Waals surface area contributed by atoms with Crippen LogP contribution in [-0.2, 0) is 4.74 Å². The Kier molecular flexibility index (Phi) is 5.68. The van der Waals surface area contributed by atoms with Crippen molar-refractivity contribution in [3.8, 4) is 0 Å². The summed E-state index contributed by atoms with van der Waals surface area (Å²) in [5.74, 6) is -0.469. The number of carbonyl (C=O) groups excluding carboxylic acids is 2. The summed E-state index contributed by atoms with van der Waals surface area (Å²) in [6, 6.07) is 3.11. The van der Waals surface area contributed by atoms with E-state index in [0.717, 1.165) is 25.9 Å². The maximum absolute atomic E-state index is 12.1. The number of aromatic nitrogens is 1. The standard InChI is InChI=1S/C15H21N3O3/c1-2-6-17-15(20)13-9-11(5-7-16-13)14(19)18-10-12-4-3-8-21-12/h5,7,9,12H,2-4,6,8,10H2,1H3,(H,17,20)(H,18,19). The van der Waals surface area contributed by atoms with Gasteiger partial charge in [-0.05, 0) is 31.4 Å². The first-order chi connectivity index (χ1) is 10.2. The van der Waals surface area contributed by atoms with Gasteiger partial charge in [-0.25, -0.2) is 0 Å². The van der Waals surface area contributed by atoms with E-state index in [0.29, 0.717) is 18.7 Å². The Bertz CT molecular complexity index is 499. The van der Waals surface area contributed by atoms with Crippen molar-refractivity contribution in [2.75, 3.05) is 19.7 Å². The molecule has 1 aromatic heterocycles. The first-order valence-corrected chi connectivity index (χ1v) is 7.34. The molecule has 114 valence electrons. The number of nitrogens with one attached hydrogen (secondary N) is 2. The van der Waals surface area contributed by atoms with Gasteiger partial charge in [-0.2, -0.15) is 0 Å². The Morgan fingerprint density at radius 2 is 2.24 bits per heavy atom. The zero-order valence-electron chi connectivity index (χ0n) is 12.2. The van der Waals surface area contributed by atoms with E-state index in [1.165, 1.54) is 12.3 Å². The summed E-state index contributed by atoms with van der Waals surface area (Å²) in [5, 5.41) is 5.57. The van der Waals surface area contributed by atoms with Gasteiger partial charge in [0.2, 0.25) is 0 Å². The van der Waals surface area contributed by atoms with Crippen LogP contribution in [0.5, 0.6) is 0 Å². The van der Waals surface area contributed by atoms with Crippen molar-refractivity contribution in [2.45, 2.75) is 32.3 Å². The molecule has 0 saturated carbocycles. The third-order valence-electron chi connectivity index (χ3n) is 3.30. The van der Waals surface area contributed by atoms with Crippen LogP contribution in [0.3, 0.4) is 0 Å². The lowest BCUT2D eigenvalue weighted by atomic mass is 10.2. The smallest absolute Gasteiger partial charge is 0.269 e. The average Bonchev–Trinajstić information content (AvgIpc) is 3.03. The van der Waals surface area contributed by atoms with Gasteiger partial charge < -0.3 is 15.4 Å². The second kappa shape index (κ2) is 7.73. The van der Waals surface area contributed by atoms with Crippen LogP contribution < -0.4 is 10.6 Å². The third kappa shape index (κ3) is 4.53. The van der Waals surface area contributed by atoms with Crippen LogP contribution in [-0.4, -0.2) is 42.6 Å². The summed E-state index contributed by atoms with van der Waals surface area (Å²) in [6.07, 6.45) is 4.44. The van der Waals surface area contributed by atoms with Gasteiger partial charge in [0, 0.05) is 31.5 Å². The van der Waals surface area contributed by atoms with Crippen molar-refractivity contribution >= 4 is 11.8 Å². The van der Waals surface area contributed by atoms with Crippen LogP contribution in [0.15, 0.2) is 18.3 Å². The first-order valence-electron chi connectivity index (χ1n) is 7.34. The lowest BCUT2D eigenvalue weighted by molar-refractivity contribution is 0.0857. The van der Waals surface area contributed by atoms with Crippen molar-refractivity contribution in [3.05, 3.63) is 29.6 Å². The van der Waals surface area contributed by atoms with Crippen molar-refractivity contribution in [1.29, 1.82) is 0 Å². The predicted molar refractivity (Wildman–Crippen MR) is 78.2 cm³/mol. The minimum absolute atomic E-state index is 0.100. The molecule has 2 heterocycles. The van der Waals surface area contributed by atoms with Gasteiger partial charge in [0.05, 0.1) is 6.10 Å². The van der Waals surface area contributed by atoms with Gasteiger partial charge in [0.25, 0.3) is 11.8 Å². The second-order valence-electron chi connectivity index (χ2n) is 5.03. The number of hydrogen-bond acceptors (Lipinski definition) is 4. The minimum Gasteiger partial charge on any atom is -0.376 e. The third-order valence-corrected chi connectivity index (χ3v) is 3.30. The highest BCUT2D eigenvalue weighted by molar-refractivity contribution is 5.98. The Hall–Kier alpha value is -1.95. The molecule has 6 heteroatoms. The first kappa shape index (κ1) is 15.4. The normalized spacial score (nSPS) is 17.5. The number of rotatable bonds is 6. The van der Waals surface area contributed by atoms with Crippen molar-refractivity contribution < 1.29 is 14.3 Å². The fourth-order valence-corrected chi connectivity index (χ4v) is 2.14. The highest BCUT2D eigenvalue weighted by Crippen LogP contribution is 2.11. The molecule has 1 aliphatic heterocycles. The molecule has 0 radical (unpaired) electrons. The van der Waals surface area contributed by atoms with E-state index in [2.05, 4.69) is 15.6 Å². The van der Waals surface area contributed by atoms with Gasteiger partial charge in [-0.1, -0.05) is 6.92 Å². The Morgan fingerprint density at radius 3 is 2.95 bits per heavy atom. The number of nitrogens with zero attached hydrogens (tertiary/aromatic N) is 1. The highest BCUT2D eigenvalue weighted by atomic mass is 16.5. The molecule has 1 atom stereocenters. The molecule has 0 aliphatic carbocycles. The zero-order valence-corrected chi connectivity index (χ0v) is 12.2. The SMILES string of the molecule is CCCNC(=O)c1cc(C(=O)NCC2CCCO2)ccn1. The van der Waals surface area contributed by atoms with Crippen LogP contribution in [0.25, 0.3) is 0 Å². The number of amides is 2. The molecular weight excluding hydrogens is 270 g/mol. The molecule has 1 aliphatic rings. The van der Waals surface area contributed by atoms with Crippen molar-refractivity contribution in [1.82, 2.24) is 15.6 Å². The van der Waals surface area contributed by atoms with Gasteiger partial charge in [0.15, 0.2) is 0 Å². The predicted octanol–water partition coefficient (Wildman–Crippen LogP) is 1.13. The summed E-state index contributed by atoms with van der Waals surface area (Å²) in [5.41, 5.74) is 0.692. The van der Waals surface area contributed by atoms with E-state index in [9.17, 15) is 9.59 Å². The summed E-state index contributed by atoms with van der Waals surface area (Å²) < 4.78 is 5.45. The summed E-state index contributed by atoms with van der Waals surface area (Å²) in [7, 11) is 0. The monoisotopic (exact) mass is 291 g/mol.